The van der Waals surface area contributed by atoms with Gasteiger partial charge in [0.1, 0.15) is 11.5 Å². The minimum absolute atomic E-state index is 0.0931. The van der Waals surface area contributed by atoms with E-state index in [0.717, 1.165) is 54.6 Å². The Labute approximate surface area is 240 Å². The second kappa shape index (κ2) is 12.0. The van der Waals surface area contributed by atoms with Crippen LogP contribution in [0.15, 0.2) is 72.8 Å². The van der Waals surface area contributed by atoms with E-state index >= 15 is 0 Å². The Morgan fingerprint density at radius 2 is 1.76 bits per heavy atom. The molecule has 1 fully saturated rings. The number of phenols is 1. The molecule has 0 bridgehead atoms. The summed E-state index contributed by atoms with van der Waals surface area (Å²) in [7, 11) is 0. The summed E-state index contributed by atoms with van der Waals surface area (Å²) in [6, 6.07) is 18.2. The van der Waals surface area contributed by atoms with E-state index in [-0.39, 0.29) is 23.3 Å². The van der Waals surface area contributed by atoms with Gasteiger partial charge in [0.05, 0.1) is 11.4 Å². The average Bonchev–Trinajstić information content (AvgIpc) is 3.63. The number of phenolic OH excluding ortho intramolecular Hbond substituents is 1. The predicted octanol–water partition coefficient (Wildman–Crippen LogP) is 7.13. The molecule has 1 aliphatic carbocycles. The van der Waals surface area contributed by atoms with Crippen LogP contribution in [0.3, 0.4) is 0 Å². The highest BCUT2D eigenvalue weighted by Gasteiger charge is 2.31. The van der Waals surface area contributed by atoms with E-state index in [1.54, 1.807) is 6.07 Å². The maximum atomic E-state index is 13.3. The lowest BCUT2D eigenvalue weighted by molar-refractivity contribution is -0.274. The van der Waals surface area contributed by atoms with Gasteiger partial charge in [-0.05, 0) is 73.9 Å². The normalized spacial score (nSPS) is 13.6. The van der Waals surface area contributed by atoms with Crippen LogP contribution in [0.2, 0.25) is 0 Å². The SMILES string of the molecule is Cc1cccc(CNC(=O)n2nc(-c3cc(NC(=O)c4ccc(OC(F)(F)F)cc4)ccc3O)cc2C2CCCC2)c1. The number of alkyl halides is 3. The molecule has 0 spiro atoms. The Morgan fingerprint density at radius 1 is 1.02 bits per heavy atom. The van der Waals surface area contributed by atoms with Crippen molar-refractivity contribution in [2.75, 3.05) is 5.32 Å². The highest BCUT2D eigenvalue weighted by atomic mass is 19.4. The van der Waals surface area contributed by atoms with Gasteiger partial charge < -0.3 is 20.5 Å². The molecule has 1 heterocycles. The molecular formula is C31H29F3N4O4. The molecule has 1 saturated carbocycles. The van der Waals surface area contributed by atoms with E-state index in [0.29, 0.717) is 23.5 Å². The fraction of sp³-hybridized carbons (Fsp3) is 0.258. The van der Waals surface area contributed by atoms with Crippen LogP contribution in [0.25, 0.3) is 11.3 Å². The maximum absolute atomic E-state index is 13.3. The van der Waals surface area contributed by atoms with Crippen molar-refractivity contribution in [1.82, 2.24) is 15.1 Å². The van der Waals surface area contributed by atoms with Crippen molar-refractivity contribution in [2.45, 2.75) is 51.4 Å². The van der Waals surface area contributed by atoms with E-state index in [2.05, 4.69) is 20.5 Å². The van der Waals surface area contributed by atoms with Crippen molar-refractivity contribution in [3.63, 3.8) is 0 Å². The lowest BCUT2D eigenvalue weighted by Gasteiger charge is -2.12. The van der Waals surface area contributed by atoms with Crippen molar-refractivity contribution in [2.24, 2.45) is 0 Å². The molecule has 218 valence electrons. The van der Waals surface area contributed by atoms with Gasteiger partial charge in [0, 0.05) is 29.3 Å². The molecule has 2 amide bonds. The summed E-state index contributed by atoms with van der Waals surface area (Å²) in [6.45, 7) is 2.31. The summed E-state index contributed by atoms with van der Waals surface area (Å²) in [6.07, 6.45) is -0.896. The predicted molar refractivity (Wildman–Crippen MR) is 150 cm³/mol. The van der Waals surface area contributed by atoms with Gasteiger partial charge in [-0.25, -0.2) is 4.79 Å². The van der Waals surface area contributed by atoms with Gasteiger partial charge in [0.15, 0.2) is 0 Å². The van der Waals surface area contributed by atoms with E-state index in [1.165, 1.54) is 35.0 Å². The topological polar surface area (TPSA) is 105 Å². The number of rotatable bonds is 7. The summed E-state index contributed by atoms with van der Waals surface area (Å²) < 4.78 is 42.5. The molecule has 0 radical (unpaired) electrons. The lowest BCUT2D eigenvalue weighted by atomic mass is 10.0. The zero-order valence-corrected chi connectivity index (χ0v) is 22.7. The van der Waals surface area contributed by atoms with Crippen LogP contribution in [0.1, 0.15) is 58.8 Å². The summed E-state index contributed by atoms with van der Waals surface area (Å²) in [4.78, 5) is 26.0. The Morgan fingerprint density at radius 3 is 2.45 bits per heavy atom. The van der Waals surface area contributed by atoms with Gasteiger partial charge in [-0.1, -0.05) is 42.7 Å². The molecule has 0 atom stereocenters. The van der Waals surface area contributed by atoms with Crippen molar-refractivity contribution >= 4 is 17.6 Å². The lowest BCUT2D eigenvalue weighted by Crippen LogP contribution is -2.30. The minimum Gasteiger partial charge on any atom is -0.507 e. The Balaban J connectivity index is 1.37. The first kappa shape index (κ1) is 28.7. The van der Waals surface area contributed by atoms with Crippen LogP contribution in [-0.4, -0.2) is 33.2 Å². The number of nitrogens with one attached hydrogen (secondary N) is 2. The van der Waals surface area contributed by atoms with Crippen LogP contribution in [0.4, 0.5) is 23.7 Å². The fourth-order valence-corrected chi connectivity index (χ4v) is 5.11. The van der Waals surface area contributed by atoms with Gasteiger partial charge in [-0.3, -0.25) is 4.79 Å². The number of anilines is 1. The molecule has 5 rings (SSSR count). The van der Waals surface area contributed by atoms with Crippen LogP contribution in [-0.2, 0) is 6.54 Å². The first-order valence-corrected chi connectivity index (χ1v) is 13.5. The summed E-state index contributed by atoms with van der Waals surface area (Å²) in [5.74, 6) is -0.963. The minimum atomic E-state index is -4.83. The number of carbonyl (C=O) groups excluding carboxylic acids is 2. The molecule has 0 unspecified atom stereocenters. The molecule has 1 aromatic heterocycles. The Kier molecular flexibility index (Phi) is 8.19. The van der Waals surface area contributed by atoms with Gasteiger partial charge in [0.2, 0.25) is 0 Å². The highest BCUT2D eigenvalue weighted by molar-refractivity contribution is 6.04. The number of aryl methyl sites for hydroxylation is 1. The van der Waals surface area contributed by atoms with E-state index in [4.69, 9.17) is 0 Å². The van der Waals surface area contributed by atoms with Gasteiger partial charge in [-0.15, -0.1) is 13.2 Å². The fourth-order valence-electron chi connectivity index (χ4n) is 5.11. The maximum Gasteiger partial charge on any atom is 0.573 e. The average molecular weight is 579 g/mol. The van der Waals surface area contributed by atoms with Crippen molar-refractivity contribution in [3.05, 3.63) is 95.2 Å². The van der Waals surface area contributed by atoms with Crippen LogP contribution in [0.5, 0.6) is 11.5 Å². The number of ether oxygens (including phenoxy) is 1. The number of carbonyl (C=O) groups is 2. The molecule has 42 heavy (non-hydrogen) atoms. The number of hydrogen-bond donors (Lipinski definition) is 3. The molecule has 3 aromatic carbocycles. The third-order valence-electron chi connectivity index (χ3n) is 7.11. The zero-order valence-electron chi connectivity index (χ0n) is 22.7. The number of aromatic hydroxyl groups is 1. The second-order valence-electron chi connectivity index (χ2n) is 10.3. The van der Waals surface area contributed by atoms with Crippen LogP contribution < -0.4 is 15.4 Å². The summed E-state index contributed by atoms with van der Waals surface area (Å²) in [5, 5.41) is 20.8. The second-order valence-corrected chi connectivity index (χ2v) is 10.3. The van der Waals surface area contributed by atoms with Crippen LogP contribution >= 0.6 is 0 Å². The number of halogens is 3. The monoisotopic (exact) mass is 578 g/mol. The molecular weight excluding hydrogens is 549 g/mol. The van der Waals surface area contributed by atoms with Crippen molar-refractivity contribution in [1.29, 1.82) is 0 Å². The summed E-state index contributed by atoms with van der Waals surface area (Å²) >= 11 is 0. The van der Waals surface area contributed by atoms with Crippen molar-refractivity contribution < 1.29 is 32.6 Å². The Hall–Kier alpha value is -4.80. The largest absolute Gasteiger partial charge is 0.573 e. The van der Waals surface area contributed by atoms with E-state index in [1.807, 2.05) is 31.2 Å². The number of amides is 2. The molecule has 3 N–H and O–H groups in total. The third-order valence-corrected chi connectivity index (χ3v) is 7.11. The van der Waals surface area contributed by atoms with Crippen LogP contribution in [0, 0.1) is 6.92 Å². The smallest absolute Gasteiger partial charge is 0.507 e. The number of hydrogen-bond acceptors (Lipinski definition) is 5. The third kappa shape index (κ3) is 6.91. The molecule has 8 nitrogen and oxygen atoms in total. The number of nitrogens with zero attached hydrogens (tertiary/aromatic N) is 2. The zero-order chi connectivity index (χ0) is 29.9. The molecule has 4 aromatic rings. The molecule has 0 aliphatic heterocycles. The first-order valence-electron chi connectivity index (χ1n) is 13.5. The Bertz CT molecular complexity index is 1590. The standard InChI is InChI=1S/C31H29F3N4O4/c1-19-5-4-6-20(15-19)18-35-30(41)38-27(21-7-2-3-8-21)17-26(37-38)25-16-23(11-14-28(25)39)36-29(40)22-9-12-24(13-10-22)42-31(32,33)34/h4-6,9-17,21,39H,2-3,7-8,18H2,1H3,(H,35,41)(H,36,40). The number of aromatic nitrogens is 2. The van der Waals surface area contributed by atoms with E-state index in [9.17, 15) is 27.9 Å². The number of benzene rings is 3. The van der Waals surface area contributed by atoms with Gasteiger partial charge in [-0.2, -0.15) is 9.78 Å². The van der Waals surface area contributed by atoms with Gasteiger partial charge in [0.25, 0.3) is 5.91 Å². The summed E-state index contributed by atoms with van der Waals surface area (Å²) in [5.41, 5.74) is 3.91. The molecule has 1 aliphatic rings. The first-order chi connectivity index (χ1) is 20.1. The quantitative estimate of drug-likeness (QED) is 0.202. The highest BCUT2D eigenvalue weighted by Crippen LogP contribution is 2.38. The van der Waals surface area contributed by atoms with Gasteiger partial charge >= 0.3 is 12.4 Å². The molecule has 11 heteroatoms. The molecule has 0 saturated heterocycles. The van der Waals surface area contributed by atoms with Crippen molar-refractivity contribution in [3.8, 4) is 22.8 Å². The van der Waals surface area contributed by atoms with E-state index < -0.39 is 18.0 Å².